The van der Waals surface area contributed by atoms with Gasteiger partial charge in [0.05, 0.1) is 6.61 Å². The first-order valence-corrected chi connectivity index (χ1v) is 14.0. The third kappa shape index (κ3) is 17.3. The van der Waals surface area contributed by atoms with Crippen molar-refractivity contribution >= 4 is 5.97 Å². The van der Waals surface area contributed by atoms with Crippen LogP contribution in [0.3, 0.4) is 0 Å². The second-order valence-electron chi connectivity index (χ2n) is 9.71. The van der Waals surface area contributed by atoms with Crippen LogP contribution in [0, 0.1) is 5.92 Å². The summed E-state index contributed by atoms with van der Waals surface area (Å²) in [6.07, 6.45) is 23.7. The van der Waals surface area contributed by atoms with Crippen molar-refractivity contribution in [3.63, 3.8) is 0 Å². The van der Waals surface area contributed by atoms with E-state index in [0.717, 1.165) is 12.8 Å². The maximum atomic E-state index is 12.3. The first kappa shape index (κ1) is 28.7. The van der Waals surface area contributed by atoms with Gasteiger partial charge < -0.3 is 4.74 Å². The van der Waals surface area contributed by atoms with E-state index < -0.39 is 0 Å². The lowest BCUT2D eigenvalue weighted by atomic mass is 9.94. The highest BCUT2D eigenvalue weighted by molar-refractivity contribution is 5.69. The van der Waals surface area contributed by atoms with Crippen LogP contribution < -0.4 is 0 Å². The summed E-state index contributed by atoms with van der Waals surface area (Å²) in [5.74, 6) is 0.546. The molecule has 0 saturated heterocycles. The van der Waals surface area contributed by atoms with Gasteiger partial charge >= 0.3 is 5.97 Å². The number of carbonyl (C=O) groups excluding carboxylic acids is 1. The van der Waals surface area contributed by atoms with Crippen LogP contribution >= 0.6 is 0 Å². The monoisotopic (exact) mass is 444 g/mol. The van der Waals surface area contributed by atoms with Gasteiger partial charge in [0.1, 0.15) is 0 Å². The third-order valence-electron chi connectivity index (χ3n) is 6.60. The molecule has 0 aliphatic heterocycles. The number of rotatable bonds is 22. The van der Waals surface area contributed by atoms with Crippen molar-refractivity contribution in [2.45, 2.75) is 136 Å². The van der Waals surface area contributed by atoms with Gasteiger partial charge in [0.15, 0.2) is 0 Å². The van der Waals surface area contributed by atoms with Crippen molar-refractivity contribution < 1.29 is 9.53 Å². The Labute approximate surface area is 199 Å². The summed E-state index contributed by atoms with van der Waals surface area (Å²) in [4.78, 5) is 12.3. The maximum absolute atomic E-state index is 12.3. The Kier molecular flexibility index (Phi) is 19.3. The number of unbranched alkanes of at least 4 members (excludes halogenated alkanes) is 12. The van der Waals surface area contributed by atoms with Crippen molar-refractivity contribution in [1.82, 2.24) is 0 Å². The normalized spacial score (nSPS) is 12.1. The van der Waals surface area contributed by atoms with Gasteiger partial charge in [0.25, 0.3) is 0 Å². The molecule has 1 rings (SSSR count). The summed E-state index contributed by atoms with van der Waals surface area (Å²) in [7, 11) is 0. The molecule has 0 aromatic heterocycles. The van der Waals surface area contributed by atoms with E-state index in [2.05, 4.69) is 38.1 Å². The van der Waals surface area contributed by atoms with Gasteiger partial charge in [-0.2, -0.15) is 0 Å². The molecule has 32 heavy (non-hydrogen) atoms. The molecule has 1 unspecified atom stereocenters. The van der Waals surface area contributed by atoms with Crippen LogP contribution in [-0.2, 0) is 16.0 Å². The van der Waals surface area contributed by atoms with Gasteiger partial charge in [-0.3, -0.25) is 4.79 Å². The molecule has 2 heteroatoms. The fourth-order valence-corrected chi connectivity index (χ4v) is 4.46. The Balaban J connectivity index is 2.22. The van der Waals surface area contributed by atoms with E-state index in [1.165, 1.54) is 108 Å². The summed E-state index contributed by atoms with van der Waals surface area (Å²) in [6.45, 7) is 5.18. The first-order chi connectivity index (χ1) is 15.8. The SMILES string of the molecule is CCCCCCCCCCC(CCCCCCCC)COC(=O)CCCc1ccccc1. The van der Waals surface area contributed by atoms with Crippen molar-refractivity contribution in [3.8, 4) is 0 Å². The minimum Gasteiger partial charge on any atom is -0.465 e. The molecule has 0 N–H and O–H groups in total. The smallest absolute Gasteiger partial charge is 0.305 e. The first-order valence-electron chi connectivity index (χ1n) is 14.0. The molecule has 0 bridgehead atoms. The molecule has 0 aliphatic carbocycles. The highest BCUT2D eigenvalue weighted by atomic mass is 16.5. The number of ether oxygens (including phenoxy) is 1. The Morgan fingerprint density at radius 1 is 0.688 bits per heavy atom. The molecule has 0 saturated carbocycles. The van der Waals surface area contributed by atoms with Gasteiger partial charge in [-0.25, -0.2) is 0 Å². The average molecular weight is 445 g/mol. The zero-order valence-corrected chi connectivity index (χ0v) is 21.4. The second kappa shape index (κ2) is 21.5. The molecule has 0 spiro atoms. The van der Waals surface area contributed by atoms with Crippen LogP contribution in [-0.4, -0.2) is 12.6 Å². The molecule has 1 atom stereocenters. The molecular formula is C30H52O2. The summed E-state index contributed by atoms with van der Waals surface area (Å²) in [5, 5.41) is 0. The van der Waals surface area contributed by atoms with Gasteiger partial charge in [-0.05, 0) is 37.2 Å². The number of benzene rings is 1. The molecule has 0 amide bonds. The van der Waals surface area contributed by atoms with E-state index >= 15 is 0 Å². The van der Waals surface area contributed by atoms with E-state index in [1.54, 1.807) is 0 Å². The Hall–Kier alpha value is -1.31. The minimum atomic E-state index is -0.00944. The molecular weight excluding hydrogens is 392 g/mol. The molecule has 0 fully saturated rings. The molecule has 1 aromatic rings. The predicted octanol–water partition coefficient (Wildman–Crippen LogP) is 9.45. The molecule has 0 heterocycles. The summed E-state index contributed by atoms with van der Waals surface area (Å²) < 4.78 is 5.72. The van der Waals surface area contributed by atoms with Crippen LogP contribution in [0.1, 0.15) is 135 Å². The highest BCUT2D eigenvalue weighted by Gasteiger charge is 2.12. The van der Waals surface area contributed by atoms with Crippen molar-refractivity contribution in [3.05, 3.63) is 35.9 Å². The quantitative estimate of drug-likeness (QED) is 0.131. The van der Waals surface area contributed by atoms with Gasteiger partial charge in [0, 0.05) is 6.42 Å². The Morgan fingerprint density at radius 2 is 1.19 bits per heavy atom. The molecule has 184 valence electrons. The van der Waals surface area contributed by atoms with Crippen LogP contribution in [0.5, 0.6) is 0 Å². The molecule has 0 radical (unpaired) electrons. The van der Waals surface area contributed by atoms with Crippen molar-refractivity contribution in [2.24, 2.45) is 5.92 Å². The number of carbonyl (C=O) groups is 1. The maximum Gasteiger partial charge on any atom is 0.305 e. The standard InChI is InChI=1S/C30H52O2/c1-3-5-7-9-11-12-14-17-24-29(23-16-13-10-8-6-4-2)27-32-30(31)26-20-25-28-21-18-15-19-22-28/h15,18-19,21-22,29H,3-14,16-17,20,23-27H2,1-2H3. The van der Waals surface area contributed by atoms with E-state index in [9.17, 15) is 4.79 Å². The number of esters is 1. The van der Waals surface area contributed by atoms with Crippen LogP contribution in [0.25, 0.3) is 0 Å². The summed E-state index contributed by atoms with van der Waals surface area (Å²) in [6, 6.07) is 10.4. The average Bonchev–Trinajstić information content (AvgIpc) is 2.81. The molecule has 2 nitrogen and oxygen atoms in total. The summed E-state index contributed by atoms with van der Waals surface area (Å²) in [5.41, 5.74) is 1.30. The summed E-state index contributed by atoms with van der Waals surface area (Å²) >= 11 is 0. The number of aryl methyl sites for hydroxylation is 1. The highest BCUT2D eigenvalue weighted by Crippen LogP contribution is 2.20. The fraction of sp³-hybridized carbons (Fsp3) is 0.767. The fourth-order valence-electron chi connectivity index (χ4n) is 4.46. The lowest BCUT2D eigenvalue weighted by Gasteiger charge is -2.17. The van der Waals surface area contributed by atoms with E-state index in [-0.39, 0.29) is 5.97 Å². The Bertz CT molecular complexity index is 525. The predicted molar refractivity (Wildman–Crippen MR) is 139 cm³/mol. The van der Waals surface area contributed by atoms with Crippen LogP contribution in [0.15, 0.2) is 30.3 Å². The lowest BCUT2D eigenvalue weighted by molar-refractivity contribution is -0.145. The largest absolute Gasteiger partial charge is 0.465 e. The third-order valence-corrected chi connectivity index (χ3v) is 6.60. The van der Waals surface area contributed by atoms with Gasteiger partial charge in [-0.15, -0.1) is 0 Å². The molecule has 1 aromatic carbocycles. The lowest BCUT2D eigenvalue weighted by Crippen LogP contribution is -2.14. The van der Waals surface area contributed by atoms with E-state index in [1.807, 2.05) is 6.07 Å². The Morgan fingerprint density at radius 3 is 1.72 bits per heavy atom. The topological polar surface area (TPSA) is 26.3 Å². The minimum absolute atomic E-state index is 0.00944. The van der Waals surface area contributed by atoms with Crippen molar-refractivity contribution in [1.29, 1.82) is 0 Å². The zero-order chi connectivity index (χ0) is 23.1. The van der Waals surface area contributed by atoms with Gasteiger partial charge in [-0.1, -0.05) is 134 Å². The van der Waals surface area contributed by atoms with Crippen LogP contribution in [0.4, 0.5) is 0 Å². The van der Waals surface area contributed by atoms with Gasteiger partial charge in [0.2, 0.25) is 0 Å². The number of hydrogen-bond donors (Lipinski definition) is 0. The van der Waals surface area contributed by atoms with E-state index in [0.29, 0.717) is 18.9 Å². The van der Waals surface area contributed by atoms with E-state index in [4.69, 9.17) is 4.74 Å². The van der Waals surface area contributed by atoms with Crippen molar-refractivity contribution in [2.75, 3.05) is 6.61 Å². The zero-order valence-electron chi connectivity index (χ0n) is 21.4. The second-order valence-corrected chi connectivity index (χ2v) is 9.71. The number of hydrogen-bond acceptors (Lipinski definition) is 2. The van der Waals surface area contributed by atoms with Crippen LogP contribution in [0.2, 0.25) is 0 Å². The molecule has 0 aliphatic rings.